The Kier molecular flexibility index (Phi) is 5.30. The van der Waals surface area contributed by atoms with E-state index in [4.69, 9.17) is 4.55 Å². The van der Waals surface area contributed by atoms with Crippen LogP contribution in [0.4, 0.5) is 0 Å². The first-order valence-electron chi connectivity index (χ1n) is 6.81. The van der Waals surface area contributed by atoms with Crippen LogP contribution in [0.1, 0.15) is 5.56 Å². The number of carbonyl (C=O) groups excluding carboxylic acids is 1. The molecule has 0 unspecified atom stereocenters. The summed E-state index contributed by atoms with van der Waals surface area (Å²) in [7, 11) is -4.06. The Morgan fingerprint density at radius 1 is 1.00 bits per heavy atom. The quantitative estimate of drug-likeness (QED) is 0.797. The van der Waals surface area contributed by atoms with Gasteiger partial charge in [0.1, 0.15) is 0 Å². The molecule has 0 atom stereocenters. The molecule has 0 aliphatic carbocycles. The smallest absolute Gasteiger partial charge is 0.266 e. The highest BCUT2D eigenvalue weighted by atomic mass is 32.2. The number of hydrogen-bond acceptors (Lipinski definition) is 3. The standard InChI is InChI=1S/C16H17NO4S/c18-16(17-10-11-22(19,20)21)12-14-8-4-5-9-15(14)13-6-2-1-3-7-13/h1-9H,10-12H2,(H,17,18)(H,19,20,21). The molecule has 1 amide bonds. The molecule has 0 aliphatic heterocycles. The fourth-order valence-electron chi connectivity index (χ4n) is 2.13. The number of rotatable bonds is 6. The van der Waals surface area contributed by atoms with Gasteiger partial charge in [-0.2, -0.15) is 8.42 Å². The van der Waals surface area contributed by atoms with Crippen LogP contribution in [-0.2, 0) is 21.3 Å². The molecule has 0 heterocycles. The third kappa shape index (κ3) is 4.98. The monoisotopic (exact) mass is 319 g/mol. The summed E-state index contributed by atoms with van der Waals surface area (Å²) in [6.07, 6.45) is 0.149. The van der Waals surface area contributed by atoms with Gasteiger partial charge in [0.25, 0.3) is 10.1 Å². The number of benzene rings is 2. The minimum Gasteiger partial charge on any atom is -0.355 e. The van der Waals surface area contributed by atoms with Crippen LogP contribution in [0, 0.1) is 0 Å². The average Bonchev–Trinajstić information content (AvgIpc) is 2.47. The van der Waals surface area contributed by atoms with E-state index >= 15 is 0 Å². The SMILES string of the molecule is O=C(Cc1ccccc1-c1ccccc1)NCCS(=O)(=O)O. The predicted molar refractivity (Wildman–Crippen MR) is 85.0 cm³/mol. The Bertz CT molecular complexity index is 742. The molecule has 116 valence electrons. The van der Waals surface area contributed by atoms with Gasteiger partial charge in [-0.15, -0.1) is 0 Å². The maximum atomic E-state index is 11.9. The molecule has 5 nitrogen and oxygen atoms in total. The molecule has 22 heavy (non-hydrogen) atoms. The van der Waals surface area contributed by atoms with Crippen molar-refractivity contribution in [3.63, 3.8) is 0 Å². The lowest BCUT2D eigenvalue weighted by molar-refractivity contribution is -0.120. The van der Waals surface area contributed by atoms with Gasteiger partial charge in [-0.05, 0) is 16.7 Å². The van der Waals surface area contributed by atoms with E-state index < -0.39 is 15.9 Å². The molecule has 0 aliphatic rings. The van der Waals surface area contributed by atoms with E-state index in [0.29, 0.717) is 0 Å². The van der Waals surface area contributed by atoms with Crippen molar-refractivity contribution in [1.82, 2.24) is 5.32 Å². The second kappa shape index (κ2) is 7.20. The van der Waals surface area contributed by atoms with Gasteiger partial charge in [0, 0.05) is 6.54 Å². The molecule has 2 rings (SSSR count). The molecular weight excluding hydrogens is 302 g/mol. The summed E-state index contributed by atoms with van der Waals surface area (Å²) in [6.45, 7) is -0.106. The van der Waals surface area contributed by atoms with Gasteiger partial charge < -0.3 is 5.32 Å². The van der Waals surface area contributed by atoms with E-state index in [0.717, 1.165) is 16.7 Å². The summed E-state index contributed by atoms with van der Waals surface area (Å²) in [4.78, 5) is 11.9. The van der Waals surface area contributed by atoms with Crippen molar-refractivity contribution in [1.29, 1.82) is 0 Å². The van der Waals surface area contributed by atoms with Gasteiger partial charge in [-0.1, -0.05) is 54.6 Å². The molecule has 2 aromatic rings. The van der Waals surface area contributed by atoms with Gasteiger partial charge in [-0.3, -0.25) is 9.35 Å². The second-order valence-corrected chi connectivity index (χ2v) is 6.41. The van der Waals surface area contributed by atoms with Crippen LogP contribution in [0.3, 0.4) is 0 Å². The lowest BCUT2D eigenvalue weighted by Crippen LogP contribution is -2.30. The third-order valence-corrected chi connectivity index (χ3v) is 3.86. The first-order chi connectivity index (χ1) is 10.5. The van der Waals surface area contributed by atoms with Crippen molar-refractivity contribution in [2.45, 2.75) is 6.42 Å². The highest BCUT2D eigenvalue weighted by Crippen LogP contribution is 2.23. The Labute approximate surface area is 129 Å². The van der Waals surface area contributed by atoms with Gasteiger partial charge in [0.05, 0.1) is 12.2 Å². The van der Waals surface area contributed by atoms with Gasteiger partial charge in [0.15, 0.2) is 0 Å². The second-order valence-electron chi connectivity index (χ2n) is 4.84. The molecule has 2 N–H and O–H groups in total. The molecule has 0 bridgehead atoms. The number of nitrogens with one attached hydrogen (secondary N) is 1. The first kappa shape index (κ1) is 16.2. The fourth-order valence-corrected chi connectivity index (χ4v) is 2.49. The van der Waals surface area contributed by atoms with E-state index in [1.807, 2.05) is 54.6 Å². The van der Waals surface area contributed by atoms with Gasteiger partial charge >= 0.3 is 0 Å². The van der Waals surface area contributed by atoms with E-state index in [-0.39, 0.29) is 18.9 Å². The summed E-state index contributed by atoms with van der Waals surface area (Å²) in [5, 5.41) is 2.49. The zero-order valence-electron chi connectivity index (χ0n) is 11.9. The third-order valence-electron chi connectivity index (χ3n) is 3.14. The summed E-state index contributed by atoms with van der Waals surface area (Å²) in [6, 6.07) is 17.3. The minimum absolute atomic E-state index is 0.106. The van der Waals surface area contributed by atoms with Crippen LogP contribution in [0.15, 0.2) is 54.6 Å². The van der Waals surface area contributed by atoms with Crippen LogP contribution in [0.25, 0.3) is 11.1 Å². The normalized spacial score (nSPS) is 11.1. The minimum atomic E-state index is -4.06. The van der Waals surface area contributed by atoms with Crippen LogP contribution in [0.5, 0.6) is 0 Å². The average molecular weight is 319 g/mol. The summed E-state index contributed by atoms with van der Waals surface area (Å²) < 4.78 is 29.9. The zero-order valence-corrected chi connectivity index (χ0v) is 12.7. The molecule has 2 aromatic carbocycles. The summed E-state index contributed by atoms with van der Waals surface area (Å²) in [5.41, 5.74) is 2.84. The number of amides is 1. The molecular formula is C16H17NO4S. The molecule has 0 fully saturated rings. The lowest BCUT2D eigenvalue weighted by Gasteiger charge is -2.10. The first-order valence-corrected chi connectivity index (χ1v) is 8.42. The highest BCUT2D eigenvalue weighted by Gasteiger charge is 2.10. The molecule has 0 radical (unpaired) electrons. The highest BCUT2D eigenvalue weighted by molar-refractivity contribution is 7.85. The summed E-state index contributed by atoms with van der Waals surface area (Å²) in [5.74, 6) is -0.772. The van der Waals surface area contributed by atoms with Crippen LogP contribution < -0.4 is 5.32 Å². The largest absolute Gasteiger partial charge is 0.355 e. The Morgan fingerprint density at radius 3 is 2.32 bits per heavy atom. The number of hydrogen-bond donors (Lipinski definition) is 2. The van der Waals surface area contributed by atoms with Crippen molar-refractivity contribution in [3.05, 3.63) is 60.2 Å². The van der Waals surface area contributed by atoms with Crippen molar-refractivity contribution in [2.75, 3.05) is 12.3 Å². The Hall–Kier alpha value is -2.18. The molecule has 0 saturated heterocycles. The van der Waals surface area contributed by atoms with Crippen molar-refractivity contribution in [3.8, 4) is 11.1 Å². The molecule has 0 saturated carbocycles. The number of carbonyl (C=O) groups is 1. The van der Waals surface area contributed by atoms with E-state index in [9.17, 15) is 13.2 Å². The Morgan fingerprint density at radius 2 is 1.64 bits per heavy atom. The topological polar surface area (TPSA) is 83.5 Å². The van der Waals surface area contributed by atoms with E-state index in [1.165, 1.54) is 0 Å². The van der Waals surface area contributed by atoms with Gasteiger partial charge in [0.2, 0.25) is 5.91 Å². The van der Waals surface area contributed by atoms with E-state index in [2.05, 4.69) is 5.32 Å². The molecule has 0 spiro atoms. The molecule has 6 heteroatoms. The fraction of sp³-hybridized carbons (Fsp3) is 0.188. The molecule has 0 aromatic heterocycles. The maximum Gasteiger partial charge on any atom is 0.266 e. The maximum absolute atomic E-state index is 11.9. The zero-order chi connectivity index (χ0) is 16.0. The van der Waals surface area contributed by atoms with Gasteiger partial charge in [-0.25, -0.2) is 0 Å². The predicted octanol–water partition coefficient (Wildman–Crippen LogP) is 1.90. The van der Waals surface area contributed by atoms with Crippen molar-refractivity contribution in [2.24, 2.45) is 0 Å². The van der Waals surface area contributed by atoms with Crippen LogP contribution >= 0.6 is 0 Å². The van der Waals surface area contributed by atoms with Crippen LogP contribution in [0.2, 0.25) is 0 Å². The van der Waals surface area contributed by atoms with Crippen molar-refractivity contribution < 1.29 is 17.8 Å². The summed E-state index contributed by atoms with van der Waals surface area (Å²) >= 11 is 0. The lowest BCUT2D eigenvalue weighted by atomic mass is 9.97. The van der Waals surface area contributed by atoms with E-state index in [1.54, 1.807) is 0 Å². The Balaban J connectivity index is 2.06. The van der Waals surface area contributed by atoms with Crippen LogP contribution in [-0.4, -0.2) is 31.2 Å². The van der Waals surface area contributed by atoms with Crippen molar-refractivity contribution >= 4 is 16.0 Å².